The summed E-state index contributed by atoms with van der Waals surface area (Å²) in [5.41, 5.74) is 0. The first-order chi connectivity index (χ1) is 4.83. The van der Waals surface area contributed by atoms with E-state index >= 15 is 0 Å². The smallest absolute Gasteiger partial charge is 0.0997 e. The molecule has 1 rings (SSSR count). The zero-order valence-electron chi connectivity index (χ0n) is 6.18. The van der Waals surface area contributed by atoms with Gasteiger partial charge in [0, 0.05) is 6.54 Å². The minimum Gasteiger partial charge on any atom is -0.277 e. The molecule has 0 fully saturated rings. The van der Waals surface area contributed by atoms with Crippen molar-refractivity contribution in [3.8, 4) is 0 Å². The van der Waals surface area contributed by atoms with E-state index in [2.05, 4.69) is 33.9 Å². The van der Waals surface area contributed by atoms with E-state index in [1.165, 1.54) is 12.8 Å². The Bertz CT molecular complexity index is 161. The van der Waals surface area contributed by atoms with Crippen LogP contribution in [0.3, 0.4) is 0 Å². The monoisotopic (exact) mass is 201 g/mol. The summed E-state index contributed by atoms with van der Waals surface area (Å²) in [6, 6.07) is 0. The van der Waals surface area contributed by atoms with E-state index in [-0.39, 0.29) is 0 Å². The van der Waals surface area contributed by atoms with Crippen molar-refractivity contribution in [2.45, 2.75) is 19.8 Å². The van der Waals surface area contributed by atoms with Crippen LogP contribution >= 0.6 is 15.9 Å². The van der Waals surface area contributed by atoms with Crippen LogP contribution in [0.5, 0.6) is 0 Å². The number of nitrogens with zero attached hydrogens (tertiary/aromatic N) is 1. The molecule has 1 atom stereocenters. The highest BCUT2D eigenvalue weighted by Crippen LogP contribution is 2.13. The Hall–Kier alpha value is -0.110. The van der Waals surface area contributed by atoms with Crippen LogP contribution in [-0.2, 0) is 0 Å². The van der Waals surface area contributed by atoms with Crippen LogP contribution in [0, 0.1) is 5.92 Å². The van der Waals surface area contributed by atoms with Crippen LogP contribution in [0.4, 0.5) is 0 Å². The number of hydrogen-bond donors (Lipinski definition) is 0. The van der Waals surface area contributed by atoms with Gasteiger partial charge in [-0.2, -0.15) is 0 Å². The van der Waals surface area contributed by atoms with Crippen molar-refractivity contribution in [3.63, 3.8) is 0 Å². The maximum Gasteiger partial charge on any atom is 0.0997 e. The highest BCUT2D eigenvalue weighted by molar-refractivity contribution is 9.18. The summed E-state index contributed by atoms with van der Waals surface area (Å²) in [6.07, 6.45) is 6.80. The van der Waals surface area contributed by atoms with E-state index in [9.17, 15) is 0 Å². The Morgan fingerprint density at radius 3 is 3.10 bits per heavy atom. The molecule has 0 saturated carbocycles. The molecule has 1 nitrogen and oxygen atoms in total. The molecule has 0 bridgehead atoms. The van der Waals surface area contributed by atoms with Gasteiger partial charge in [-0.05, 0) is 34.3 Å². The molecule has 0 amide bonds. The first kappa shape index (κ1) is 7.99. The van der Waals surface area contributed by atoms with Crippen molar-refractivity contribution < 1.29 is 0 Å². The van der Waals surface area contributed by atoms with Crippen LogP contribution in [0.15, 0.2) is 17.1 Å². The van der Waals surface area contributed by atoms with Gasteiger partial charge in [0.15, 0.2) is 0 Å². The molecule has 0 aliphatic carbocycles. The summed E-state index contributed by atoms with van der Waals surface area (Å²) >= 11 is 3.33. The predicted molar refractivity (Wildman–Crippen MR) is 48.8 cm³/mol. The van der Waals surface area contributed by atoms with E-state index in [0.29, 0.717) is 5.92 Å². The normalized spacial score (nSPS) is 24.6. The Labute approximate surface area is 70.4 Å². The zero-order chi connectivity index (χ0) is 7.40. The van der Waals surface area contributed by atoms with Gasteiger partial charge in [-0.15, -0.1) is 0 Å². The maximum atomic E-state index is 4.28. The Morgan fingerprint density at radius 2 is 2.60 bits per heavy atom. The minimum atomic E-state index is 0.686. The third kappa shape index (κ3) is 2.25. The molecule has 0 aromatic heterocycles. The number of halogens is 1. The van der Waals surface area contributed by atoms with Gasteiger partial charge in [0.25, 0.3) is 0 Å². The van der Waals surface area contributed by atoms with Gasteiger partial charge < -0.3 is 0 Å². The molecule has 0 spiro atoms. The highest BCUT2D eigenvalue weighted by atomic mass is 79.9. The van der Waals surface area contributed by atoms with Crippen molar-refractivity contribution in [2.24, 2.45) is 10.9 Å². The standard InChI is InChI=1S/C8H12BrN/c1-2-3-7-4-5-8(9)10-6-7/h4-5,7H,2-3,6H2,1H3. The fourth-order valence-corrected chi connectivity index (χ4v) is 1.39. The molecule has 1 aliphatic heterocycles. The molecule has 56 valence electrons. The Balaban J connectivity index is 2.37. The average molecular weight is 202 g/mol. The number of hydrogen-bond acceptors (Lipinski definition) is 1. The van der Waals surface area contributed by atoms with Crippen molar-refractivity contribution >= 4 is 20.6 Å². The number of rotatable bonds is 2. The van der Waals surface area contributed by atoms with E-state index in [4.69, 9.17) is 0 Å². The second kappa shape index (κ2) is 3.91. The molecular formula is C8H12BrN. The fourth-order valence-electron chi connectivity index (χ4n) is 1.09. The third-order valence-electron chi connectivity index (χ3n) is 1.64. The summed E-state index contributed by atoms with van der Waals surface area (Å²) in [5.74, 6) is 0.686. The van der Waals surface area contributed by atoms with Gasteiger partial charge in [-0.1, -0.05) is 19.4 Å². The second-order valence-corrected chi connectivity index (χ2v) is 3.38. The summed E-state index contributed by atoms with van der Waals surface area (Å²) in [7, 11) is 0. The predicted octanol–water partition coefficient (Wildman–Crippen LogP) is 2.77. The van der Waals surface area contributed by atoms with Gasteiger partial charge in [0.2, 0.25) is 0 Å². The Morgan fingerprint density at radius 1 is 1.80 bits per heavy atom. The molecular weight excluding hydrogens is 190 g/mol. The minimum absolute atomic E-state index is 0.686. The van der Waals surface area contributed by atoms with Crippen LogP contribution in [0.25, 0.3) is 0 Å². The topological polar surface area (TPSA) is 12.4 Å². The largest absolute Gasteiger partial charge is 0.277 e. The third-order valence-corrected chi connectivity index (χ3v) is 2.16. The number of dihydropyridines is 1. The lowest BCUT2D eigenvalue weighted by atomic mass is 10.0. The molecule has 2 heteroatoms. The molecule has 1 heterocycles. The zero-order valence-corrected chi connectivity index (χ0v) is 7.76. The molecule has 1 unspecified atom stereocenters. The molecule has 0 radical (unpaired) electrons. The van der Waals surface area contributed by atoms with E-state index < -0.39 is 0 Å². The fraction of sp³-hybridized carbons (Fsp3) is 0.625. The van der Waals surface area contributed by atoms with Crippen LogP contribution in [-0.4, -0.2) is 11.2 Å². The highest BCUT2D eigenvalue weighted by Gasteiger charge is 2.06. The molecule has 1 aliphatic rings. The average Bonchev–Trinajstić information content (AvgIpc) is 1.95. The lowest BCUT2D eigenvalue weighted by Crippen LogP contribution is -2.06. The van der Waals surface area contributed by atoms with E-state index in [1.807, 2.05) is 6.08 Å². The summed E-state index contributed by atoms with van der Waals surface area (Å²) < 4.78 is 0.986. The summed E-state index contributed by atoms with van der Waals surface area (Å²) in [6.45, 7) is 3.17. The van der Waals surface area contributed by atoms with Gasteiger partial charge in [0.1, 0.15) is 0 Å². The first-order valence-corrected chi connectivity index (χ1v) is 4.50. The van der Waals surface area contributed by atoms with Crippen LogP contribution < -0.4 is 0 Å². The van der Waals surface area contributed by atoms with Crippen molar-refractivity contribution in [2.75, 3.05) is 6.54 Å². The lowest BCUT2D eigenvalue weighted by Gasteiger charge is -2.11. The second-order valence-electron chi connectivity index (χ2n) is 2.57. The van der Waals surface area contributed by atoms with Crippen LogP contribution in [0.2, 0.25) is 0 Å². The number of aliphatic imine (C=N–C) groups is 1. The van der Waals surface area contributed by atoms with Gasteiger partial charge >= 0.3 is 0 Å². The van der Waals surface area contributed by atoms with Gasteiger partial charge in [-0.3, -0.25) is 4.99 Å². The molecule has 0 saturated heterocycles. The van der Waals surface area contributed by atoms with Crippen LogP contribution in [0.1, 0.15) is 19.8 Å². The SMILES string of the molecule is CCCC1C=CC(Br)=NC1. The van der Waals surface area contributed by atoms with E-state index in [1.54, 1.807) is 0 Å². The van der Waals surface area contributed by atoms with E-state index in [0.717, 1.165) is 11.2 Å². The van der Waals surface area contributed by atoms with Gasteiger partial charge in [0.05, 0.1) is 4.62 Å². The molecule has 10 heavy (non-hydrogen) atoms. The summed E-state index contributed by atoms with van der Waals surface area (Å²) in [5, 5.41) is 0. The van der Waals surface area contributed by atoms with Crippen molar-refractivity contribution in [1.29, 1.82) is 0 Å². The lowest BCUT2D eigenvalue weighted by molar-refractivity contribution is 0.589. The molecule has 0 aromatic rings. The summed E-state index contributed by atoms with van der Waals surface area (Å²) in [4.78, 5) is 4.28. The Kier molecular flexibility index (Phi) is 3.13. The molecule has 0 N–H and O–H groups in total. The van der Waals surface area contributed by atoms with Crippen molar-refractivity contribution in [1.82, 2.24) is 0 Å². The van der Waals surface area contributed by atoms with Gasteiger partial charge in [-0.25, -0.2) is 0 Å². The quantitative estimate of drug-likeness (QED) is 0.652. The molecule has 0 aromatic carbocycles. The maximum absolute atomic E-state index is 4.28. The first-order valence-electron chi connectivity index (χ1n) is 3.71. The van der Waals surface area contributed by atoms with Crippen molar-refractivity contribution in [3.05, 3.63) is 12.2 Å². The number of allylic oxidation sites excluding steroid dienone is 1.